The molecule has 4 aromatic rings. The number of fused-ring (bicyclic) bond motifs is 1. The van der Waals surface area contributed by atoms with Crippen LogP contribution in [-0.4, -0.2) is 50.8 Å². The van der Waals surface area contributed by atoms with Crippen molar-refractivity contribution in [1.82, 2.24) is 19.5 Å². The maximum absolute atomic E-state index is 10.7. The van der Waals surface area contributed by atoms with E-state index in [1.165, 1.54) is 22.2 Å². The molecule has 0 spiro atoms. The summed E-state index contributed by atoms with van der Waals surface area (Å²) in [5.74, 6) is 0.923. The Balaban J connectivity index is 1.43. The lowest BCUT2D eigenvalue weighted by atomic mass is 10.1. The number of rotatable bonds is 4. The van der Waals surface area contributed by atoms with Crippen molar-refractivity contribution in [2.75, 3.05) is 31.1 Å². The summed E-state index contributed by atoms with van der Waals surface area (Å²) in [6.45, 7) is 3.37. The highest BCUT2D eigenvalue weighted by molar-refractivity contribution is 7.17. The molecule has 0 unspecified atom stereocenters. The van der Waals surface area contributed by atoms with Crippen molar-refractivity contribution >= 4 is 33.6 Å². The van der Waals surface area contributed by atoms with E-state index in [9.17, 15) is 5.11 Å². The van der Waals surface area contributed by atoms with Crippen LogP contribution < -0.4 is 4.90 Å². The fourth-order valence-corrected chi connectivity index (χ4v) is 4.96. The van der Waals surface area contributed by atoms with Gasteiger partial charge >= 0.3 is 0 Å². The molecule has 1 saturated heterocycles. The average Bonchev–Trinajstić information content (AvgIpc) is 3.44. The summed E-state index contributed by atoms with van der Waals surface area (Å²) in [5.41, 5.74) is 1.13. The van der Waals surface area contributed by atoms with Gasteiger partial charge in [-0.3, -0.25) is 4.90 Å². The van der Waals surface area contributed by atoms with Crippen LogP contribution in [0.4, 0.5) is 5.69 Å². The molecule has 0 radical (unpaired) electrons. The van der Waals surface area contributed by atoms with E-state index in [-0.39, 0.29) is 11.9 Å². The molecule has 0 bridgehead atoms. The molecule has 5 rings (SSSR count). The molecular formula is C19H18ClN5O2S. The highest BCUT2D eigenvalue weighted by atomic mass is 35.5. The first-order valence-corrected chi connectivity index (χ1v) is 10.2. The van der Waals surface area contributed by atoms with E-state index < -0.39 is 0 Å². The van der Waals surface area contributed by atoms with Gasteiger partial charge in [0.1, 0.15) is 18.1 Å². The highest BCUT2D eigenvalue weighted by Gasteiger charge is 2.33. The van der Waals surface area contributed by atoms with Crippen molar-refractivity contribution in [1.29, 1.82) is 0 Å². The number of hydrogen-bond acceptors (Lipinski definition) is 7. The molecule has 1 atom stereocenters. The van der Waals surface area contributed by atoms with Crippen LogP contribution in [0.5, 0.6) is 5.88 Å². The Morgan fingerprint density at radius 3 is 2.71 bits per heavy atom. The zero-order valence-corrected chi connectivity index (χ0v) is 16.5. The fourth-order valence-electron chi connectivity index (χ4n) is 3.71. The van der Waals surface area contributed by atoms with Gasteiger partial charge in [0.05, 0.1) is 11.1 Å². The van der Waals surface area contributed by atoms with Gasteiger partial charge in [0.15, 0.2) is 0 Å². The first-order chi connectivity index (χ1) is 13.7. The van der Waals surface area contributed by atoms with E-state index >= 15 is 0 Å². The fraction of sp³-hybridized carbons (Fsp3) is 0.263. The molecule has 3 aromatic heterocycles. The molecule has 4 heterocycles. The van der Waals surface area contributed by atoms with Crippen molar-refractivity contribution in [3.8, 4) is 5.88 Å². The molecule has 1 N–H and O–H groups in total. The number of benzene rings is 1. The Labute approximate surface area is 170 Å². The lowest BCUT2D eigenvalue weighted by Crippen LogP contribution is -2.47. The number of nitrogens with zero attached hydrogens (tertiary/aromatic N) is 5. The van der Waals surface area contributed by atoms with Crippen molar-refractivity contribution in [2.24, 2.45) is 0 Å². The maximum atomic E-state index is 10.7. The lowest BCUT2D eigenvalue weighted by molar-refractivity contribution is 0.191. The largest absolute Gasteiger partial charge is 0.492 e. The highest BCUT2D eigenvalue weighted by Crippen LogP contribution is 2.40. The Bertz CT molecular complexity index is 1090. The van der Waals surface area contributed by atoms with Gasteiger partial charge in [0.25, 0.3) is 0 Å². The summed E-state index contributed by atoms with van der Waals surface area (Å²) >= 11 is 7.58. The molecule has 7 nitrogen and oxygen atoms in total. The van der Waals surface area contributed by atoms with Crippen LogP contribution in [0.1, 0.15) is 16.7 Å². The number of furan rings is 1. The van der Waals surface area contributed by atoms with E-state index in [2.05, 4.69) is 25.9 Å². The van der Waals surface area contributed by atoms with Crippen LogP contribution in [0.3, 0.4) is 0 Å². The van der Waals surface area contributed by atoms with Gasteiger partial charge in [-0.15, -0.1) is 0 Å². The smallest absolute Gasteiger partial charge is 0.230 e. The summed E-state index contributed by atoms with van der Waals surface area (Å²) < 4.78 is 7.20. The molecule has 144 valence electrons. The molecule has 28 heavy (non-hydrogen) atoms. The number of aromatic hydroxyl groups is 1. The molecule has 0 saturated carbocycles. The van der Waals surface area contributed by atoms with Crippen molar-refractivity contribution in [3.05, 3.63) is 64.6 Å². The average molecular weight is 416 g/mol. The standard InChI is InChI=1S/C19H18ClN5O2S/c20-13-3-1-4-14(11-13)23-6-8-24(9-7-23)16(15-5-2-10-27-15)17-18(26)25-19(28-17)21-12-22-25/h1-5,10-12,16,26H,6-9H2/t16-/m1/s1. The lowest BCUT2D eigenvalue weighted by Gasteiger charge is -2.39. The number of halogens is 1. The number of thiazole rings is 1. The normalized spacial score (nSPS) is 16.7. The summed E-state index contributed by atoms with van der Waals surface area (Å²) in [6.07, 6.45) is 3.11. The SMILES string of the molecule is Oc1c([C@@H](c2ccco2)N2CCN(c3cccc(Cl)c3)CC2)sc2ncnn12. The van der Waals surface area contributed by atoms with Gasteiger partial charge in [-0.1, -0.05) is 29.0 Å². The van der Waals surface area contributed by atoms with Gasteiger partial charge in [-0.25, -0.2) is 4.98 Å². The summed E-state index contributed by atoms with van der Waals surface area (Å²) in [4.78, 5) is 10.3. The Morgan fingerprint density at radius 2 is 2.00 bits per heavy atom. The first-order valence-electron chi connectivity index (χ1n) is 9.00. The number of anilines is 1. The molecular weight excluding hydrogens is 398 g/mol. The van der Waals surface area contributed by atoms with E-state index in [1.807, 2.05) is 30.3 Å². The van der Waals surface area contributed by atoms with E-state index in [0.29, 0.717) is 4.96 Å². The Kier molecular flexibility index (Phi) is 4.46. The number of hydrogen-bond donors (Lipinski definition) is 1. The second-order valence-electron chi connectivity index (χ2n) is 6.67. The quantitative estimate of drug-likeness (QED) is 0.548. The molecule has 0 aliphatic carbocycles. The molecule has 1 aliphatic rings. The third-order valence-corrected chi connectivity index (χ3v) is 6.37. The third kappa shape index (κ3) is 3.03. The molecule has 1 aromatic carbocycles. The van der Waals surface area contributed by atoms with Crippen molar-refractivity contribution in [3.63, 3.8) is 0 Å². The third-order valence-electron chi connectivity index (χ3n) is 5.05. The minimum Gasteiger partial charge on any atom is -0.492 e. The Hall–Kier alpha value is -2.55. The van der Waals surface area contributed by atoms with E-state index in [1.54, 1.807) is 6.26 Å². The number of aromatic nitrogens is 3. The summed E-state index contributed by atoms with van der Waals surface area (Å²) in [5, 5.41) is 15.6. The van der Waals surface area contributed by atoms with Crippen molar-refractivity contribution in [2.45, 2.75) is 6.04 Å². The van der Waals surface area contributed by atoms with Gasteiger partial charge in [-0.2, -0.15) is 9.61 Å². The number of piperazine rings is 1. The minimum atomic E-state index is -0.176. The van der Waals surface area contributed by atoms with Crippen LogP contribution in [0.25, 0.3) is 4.96 Å². The van der Waals surface area contributed by atoms with Crippen LogP contribution >= 0.6 is 22.9 Å². The van der Waals surface area contributed by atoms with Gasteiger partial charge in [0, 0.05) is 36.9 Å². The monoisotopic (exact) mass is 415 g/mol. The summed E-state index contributed by atoms with van der Waals surface area (Å²) in [6, 6.07) is 11.6. The van der Waals surface area contributed by atoms with Crippen LogP contribution in [0.2, 0.25) is 5.02 Å². The molecule has 0 amide bonds. The van der Waals surface area contributed by atoms with E-state index in [4.69, 9.17) is 16.0 Å². The van der Waals surface area contributed by atoms with Gasteiger partial charge in [0.2, 0.25) is 10.8 Å². The van der Waals surface area contributed by atoms with Crippen molar-refractivity contribution < 1.29 is 9.52 Å². The van der Waals surface area contributed by atoms with Gasteiger partial charge < -0.3 is 14.4 Å². The molecule has 1 fully saturated rings. The second-order valence-corrected chi connectivity index (χ2v) is 8.11. The van der Waals surface area contributed by atoms with Crippen LogP contribution in [0, 0.1) is 0 Å². The van der Waals surface area contributed by atoms with E-state index in [0.717, 1.165) is 47.5 Å². The maximum Gasteiger partial charge on any atom is 0.230 e. The van der Waals surface area contributed by atoms with Gasteiger partial charge in [-0.05, 0) is 30.3 Å². The predicted molar refractivity (Wildman–Crippen MR) is 108 cm³/mol. The zero-order valence-electron chi connectivity index (χ0n) is 14.9. The predicted octanol–water partition coefficient (Wildman–Crippen LogP) is 3.65. The topological polar surface area (TPSA) is 70.0 Å². The zero-order chi connectivity index (χ0) is 19.1. The molecule has 1 aliphatic heterocycles. The van der Waals surface area contributed by atoms with Crippen LogP contribution in [0.15, 0.2) is 53.4 Å². The second kappa shape index (κ2) is 7.12. The summed E-state index contributed by atoms with van der Waals surface area (Å²) in [7, 11) is 0. The molecule has 9 heteroatoms. The van der Waals surface area contributed by atoms with Crippen LogP contribution in [-0.2, 0) is 0 Å². The first kappa shape index (κ1) is 17.5. The Morgan fingerprint density at radius 1 is 1.14 bits per heavy atom. The minimum absolute atomic E-state index is 0.121.